The van der Waals surface area contributed by atoms with Gasteiger partial charge in [-0.1, -0.05) is 12.6 Å². The maximum absolute atomic E-state index is 15.3. The van der Waals surface area contributed by atoms with E-state index in [-0.39, 0.29) is 17.8 Å². The molecule has 1 aromatic carbocycles. The van der Waals surface area contributed by atoms with E-state index in [0.717, 1.165) is 17.5 Å². The largest absolute Gasteiger partial charge is 0.439 e. The summed E-state index contributed by atoms with van der Waals surface area (Å²) in [7, 11) is 0. The summed E-state index contributed by atoms with van der Waals surface area (Å²) in [5.41, 5.74) is 9.04. The van der Waals surface area contributed by atoms with Crippen LogP contribution in [0.15, 0.2) is 73.6 Å². The zero-order valence-corrected chi connectivity index (χ0v) is 17.8. The second-order valence-electron chi connectivity index (χ2n) is 7.89. The van der Waals surface area contributed by atoms with Gasteiger partial charge < -0.3 is 15.4 Å². The molecule has 1 unspecified atom stereocenters. The average molecular weight is 443 g/mol. The van der Waals surface area contributed by atoms with E-state index in [1.807, 2.05) is 12.1 Å². The number of benzene rings is 1. The van der Waals surface area contributed by atoms with E-state index in [4.69, 9.17) is 10.5 Å². The van der Waals surface area contributed by atoms with Gasteiger partial charge in [0.2, 0.25) is 17.7 Å². The number of anilines is 1. The van der Waals surface area contributed by atoms with Crippen LogP contribution >= 0.6 is 0 Å². The summed E-state index contributed by atoms with van der Waals surface area (Å²) in [5.74, 6) is 0.558. The monoisotopic (exact) mass is 443 g/mol. The number of pyridine rings is 1. The van der Waals surface area contributed by atoms with E-state index in [1.54, 1.807) is 52.0 Å². The SMILES string of the molecule is C=CC(=O)N1CCC(c2cc(-c3ccc(Oc4ccccn4)cc3F)n3c(N)nccc23)C1. The summed E-state index contributed by atoms with van der Waals surface area (Å²) >= 11 is 0. The molecule has 4 aromatic rings. The van der Waals surface area contributed by atoms with Gasteiger partial charge >= 0.3 is 0 Å². The molecule has 166 valence electrons. The summed E-state index contributed by atoms with van der Waals surface area (Å²) in [6, 6.07) is 13.8. The highest BCUT2D eigenvalue weighted by molar-refractivity contribution is 5.87. The third-order valence-corrected chi connectivity index (χ3v) is 5.93. The van der Waals surface area contributed by atoms with Crippen LogP contribution in [-0.4, -0.2) is 38.3 Å². The van der Waals surface area contributed by atoms with E-state index in [1.165, 1.54) is 12.1 Å². The Morgan fingerprint density at radius 3 is 2.82 bits per heavy atom. The first-order valence-corrected chi connectivity index (χ1v) is 10.6. The van der Waals surface area contributed by atoms with E-state index in [0.29, 0.717) is 36.0 Å². The van der Waals surface area contributed by atoms with Crippen LogP contribution < -0.4 is 10.5 Å². The van der Waals surface area contributed by atoms with Crippen LogP contribution in [0.25, 0.3) is 16.8 Å². The predicted molar refractivity (Wildman–Crippen MR) is 123 cm³/mol. The molecule has 1 atom stereocenters. The van der Waals surface area contributed by atoms with Crippen molar-refractivity contribution in [2.45, 2.75) is 12.3 Å². The Bertz CT molecular complexity index is 1350. The molecular formula is C25H22FN5O2. The molecule has 2 N–H and O–H groups in total. The van der Waals surface area contributed by atoms with Gasteiger partial charge in [0, 0.05) is 49.1 Å². The number of hydrogen-bond acceptors (Lipinski definition) is 5. The molecule has 1 fully saturated rings. The lowest BCUT2D eigenvalue weighted by atomic mass is 9.98. The van der Waals surface area contributed by atoms with Gasteiger partial charge in [0.25, 0.3) is 0 Å². The minimum atomic E-state index is -0.451. The first kappa shape index (κ1) is 20.7. The fourth-order valence-electron chi connectivity index (χ4n) is 4.37. The number of fused-ring (bicyclic) bond motifs is 1. The topological polar surface area (TPSA) is 85.8 Å². The summed E-state index contributed by atoms with van der Waals surface area (Å²) < 4.78 is 22.7. The lowest BCUT2D eigenvalue weighted by molar-refractivity contribution is -0.125. The van der Waals surface area contributed by atoms with Crippen molar-refractivity contribution in [3.8, 4) is 22.9 Å². The average Bonchev–Trinajstić information content (AvgIpc) is 3.45. The number of carbonyl (C=O) groups excluding carboxylic acids is 1. The highest BCUT2D eigenvalue weighted by Gasteiger charge is 2.29. The van der Waals surface area contributed by atoms with Gasteiger partial charge in [-0.2, -0.15) is 0 Å². The molecule has 1 aliphatic rings. The molecule has 1 saturated heterocycles. The van der Waals surface area contributed by atoms with Gasteiger partial charge in [0.1, 0.15) is 11.6 Å². The lowest BCUT2D eigenvalue weighted by Crippen LogP contribution is -2.26. The standard InChI is InChI=1S/C25H22FN5O2/c1-2-24(32)30-12-9-16(15-30)19-14-22(31-21(19)8-11-29-25(31)27)18-7-6-17(13-20(18)26)33-23-5-3-4-10-28-23/h2-8,10-11,13-14,16H,1,9,12,15H2,(H2,27,29). The number of nitrogen functional groups attached to an aromatic ring is 1. The maximum atomic E-state index is 15.3. The highest BCUT2D eigenvalue weighted by atomic mass is 19.1. The van der Waals surface area contributed by atoms with Crippen LogP contribution in [0.4, 0.5) is 10.3 Å². The molecule has 8 heteroatoms. The van der Waals surface area contributed by atoms with Crippen molar-refractivity contribution in [1.82, 2.24) is 19.3 Å². The van der Waals surface area contributed by atoms with Crippen LogP contribution in [0.5, 0.6) is 11.6 Å². The molecule has 0 saturated carbocycles. The van der Waals surface area contributed by atoms with Gasteiger partial charge in [-0.05, 0) is 48.4 Å². The van der Waals surface area contributed by atoms with Crippen molar-refractivity contribution < 1.29 is 13.9 Å². The van der Waals surface area contributed by atoms with Crippen molar-refractivity contribution >= 4 is 17.4 Å². The second-order valence-corrected chi connectivity index (χ2v) is 7.89. The van der Waals surface area contributed by atoms with E-state index >= 15 is 4.39 Å². The first-order valence-electron chi connectivity index (χ1n) is 10.6. The molecular weight excluding hydrogens is 421 g/mol. The summed E-state index contributed by atoms with van der Waals surface area (Å²) in [4.78, 5) is 22.1. The summed E-state index contributed by atoms with van der Waals surface area (Å²) in [5, 5.41) is 0. The second kappa shape index (κ2) is 8.38. The molecule has 4 heterocycles. The number of aromatic nitrogens is 3. The molecule has 1 amide bonds. The number of ether oxygens (including phenoxy) is 1. The Kier molecular flexibility index (Phi) is 5.26. The maximum Gasteiger partial charge on any atom is 0.245 e. The fraction of sp³-hybridized carbons (Fsp3) is 0.160. The number of likely N-dealkylation sites (tertiary alicyclic amines) is 1. The quantitative estimate of drug-likeness (QED) is 0.462. The summed E-state index contributed by atoms with van der Waals surface area (Å²) in [6.07, 6.45) is 5.38. The zero-order chi connectivity index (χ0) is 22.9. The number of halogens is 1. The van der Waals surface area contributed by atoms with Crippen LogP contribution in [0, 0.1) is 5.82 Å². The molecule has 3 aromatic heterocycles. The van der Waals surface area contributed by atoms with E-state index in [2.05, 4.69) is 16.5 Å². The van der Waals surface area contributed by atoms with Gasteiger partial charge in [0.15, 0.2) is 0 Å². The van der Waals surface area contributed by atoms with Crippen molar-refractivity contribution in [1.29, 1.82) is 0 Å². The van der Waals surface area contributed by atoms with Crippen molar-refractivity contribution in [2.24, 2.45) is 0 Å². The third kappa shape index (κ3) is 3.80. The Morgan fingerprint density at radius 2 is 2.06 bits per heavy atom. The van der Waals surface area contributed by atoms with Gasteiger partial charge in [-0.3, -0.25) is 9.20 Å². The molecule has 0 aliphatic carbocycles. The zero-order valence-electron chi connectivity index (χ0n) is 17.8. The molecule has 0 spiro atoms. The Labute approximate surface area is 190 Å². The lowest BCUT2D eigenvalue weighted by Gasteiger charge is -2.14. The van der Waals surface area contributed by atoms with Crippen LogP contribution in [0.2, 0.25) is 0 Å². The Balaban J connectivity index is 1.54. The third-order valence-electron chi connectivity index (χ3n) is 5.93. The Hall–Kier alpha value is -4.20. The number of amides is 1. The summed E-state index contributed by atoms with van der Waals surface area (Å²) in [6.45, 7) is 4.80. The molecule has 1 aliphatic heterocycles. The van der Waals surface area contributed by atoms with Gasteiger partial charge in [0.05, 0.1) is 11.2 Å². The minimum Gasteiger partial charge on any atom is -0.439 e. The normalized spacial score (nSPS) is 15.7. The number of carbonyl (C=O) groups is 1. The van der Waals surface area contributed by atoms with Crippen molar-refractivity contribution in [2.75, 3.05) is 18.8 Å². The first-order chi connectivity index (χ1) is 16.0. The predicted octanol–water partition coefficient (Wildman–Crippen LogP) is 4.41. The van der Waals surface area contributed by atoms with Gasteiger partial charge in [-0.25, -0.2) is 14.4 Å². The minimum absolute atomic E-state index is 0.0862. The highest BCUT2D eigenvalue weighted by Crippen LogP contribution is 2.38. The van der Waals surface area contributed by atoms with Crippen LogP contribution in [0.1, 0.15) is 17.9 Å². The Morgan fingerprint density at radius 1 is 1.18 bits per heavy atom. The number of hydrogen-bond donors (Lipinski definition) is 1. The molecule has 0 bridgehead atoms. The molecule has 0 radical (unpaired) electrons. The molecule has 33 heavy (non-hydrogen) atoms. The van der Waals surface area contributed by atoms with Crippen molar-refractivity contribution in [3.05, 3.63) is 85.0 Å². The van der Waals surface area contributed by atoms with E-state index < -0.39 is 5.82 Å². The smallest absolute Gasteiger partial charge is 0.245 e. The number of nitrogens with two attached hydrogens (primary N) is 1. The van der Waals surface area contributed by atoms with Crippen molar-refractivity contribution in [3.63, 3.8) is 0 Å². The van der Waals surface area contributed by atoms with Gasteiger partial charge in [-0.15, -0.1) is 0 Å². The fourth-order valence-corrected chi connectivity index (χ4v) is 4.37. The molecule has 7 nitrogen and oxygen atoms in total. The van der Waals surface area contributed by atoms with E-state index in [9.17, 15) is 4.79 Å². The van der Waals surface area contributed by atoms with Crippen LogP contribution in [-0.2, 0) is 4.79 Å². The number of rotatable bonds is 5. The molecule has 5 rings (SSSR count). The van der Waals surface area contributed by atoms with Crippen LogP contribution in [0.3, 0.4) is 0 Å². The number of nitrogens with zero attached hydrogens (tertiary/aromatic N) is 4.